The van der Waals surface area contributed by atoms with Crippen molar-refractivity contribution in [3.8, 4) is 5.75 Å². The Kier molecular flexibility index (Phi) is 9.26. The minimum absolute atomic E-state index is 0.204. The van der Waals surface area contributed by atoms with Crippen LogP contribution in [0.1, 0.15) is 30.9 Å². The van der Waals surface area contributed by atoms with Crippen molar-refractivity contribution in [2.75, 3.05) is 26.8 Å². The Morgan fingerprint density at radius 1 is 1.06 bits per heavy atom. The fourth-order valence-corrected chi connectivity index (χ4v) is 3.89. The normalized spacial score (nSPS) is 15.1. The molecule has 0 bridgehead atoms. The number of benzene rings is 2. The van der Waals surface area contributed by atoms with E-state index in [2.05, 4.69) is 17.4 Å². The number of likely N-dealkylation sites (tertiary alicyclic amines) is 1. The van der Waals surface area contributed by atoms with Crippen molar-refractivity contribution in [1.29, 1.82) is 0 Å². The molecule has 1 aliphatic rings. The van der Waals surface area contributed by atoms with E-state index in [-0.39, 0.29) is 12.5 Å². The number of piperidine rings is 1. The Hall–Kier alpha value is -3.61. The van der Waals surface area contributed by atoms with Crippen molar-refractivity contribution < 1.29 is 23.9 Å². The second-order valence-electron chi connectivity index (χ2n) is 8.46. The molecular weight excluding hydrogens is 432 g/mol. The molecule has 1 aliphatic heterocycles. The van der Waals surface area contributed by atoms with E-state index in [9.17, 15) is 14.4 Å². The molecule has 34 heavy (non-hydrogen) atoms. The average Bonchev–Trinajstić information content (AvgIpc) is 2.87. The predicted octanol–water partition coefficient (Wildman–Crippen LogP) is 3.24. The number of esters is 1. The minimum Gasteiger partial charge on any atom is -0.497 e. The average molecular weight is 465 g/mol. The van der Waals surface area contributed by atoms with Crippen LogP contribution in [0.2, 0.25) is 0 Å². The number of nitrogens with zero attached hydrogens (tertiary/aromatic N) is 1. The Labute approximate surface area is 200 Å². The van der Waals surface area contributed by atoms with Crippen LogP contribution >= 0.6 is 0 Å². The van der Waals surface area contributed by atoms with Crippen LogP contribution in [-0.4, -0.2) is 55.5 Å². The van der Waals surface area contributed by atoms with E-state index in [0.29, 0.717) is 19.0 Å². The Morgan fingerprint density at radius 3 is 2.38 bits per heavy atom. The number of amides is 2. The molecule has 2 aromatic carbocycles. The lowest BCUT2D eigenvalue weighted by atomic mass is 9.90. The van der Waals surface area contributed by atoms with Crippen LogP contribution in [0.3, 0.4) is 0 Å². The van der Waals surface area contributed by atoms with Gasteiger partial charge < -0.3 is 19.7 Å². The molecule has 0 radical (unpaired) electrons. The molecule has 0 spiro atoms. The molecule has 2 amide bonds. The number of rotatable bonds is 9. The van der Waals surface area contributed by atoms with Gasteiger partial charge >= 0.3 is 5.97 Å². The summed E-state index contributed by atoms with van der Waals surface area (Å²) >= 11 is 0. The molecule has 7 nitrogen and oxygen atoms in total. The summed E-state index contributed by atoms with van der Waals surface area (Å²) in [5.41, 5.74) is 2.14. The van der Waals surface area contributed by atoms with Crippen LogP contribution in [0.15, 0.2) is 60.7 Å². The zero-order valence-corrected chi connectivity index (χ0v) is 19.7. The summed E-state index contributed by atoms with van der Waals surface area (Å²) < 4.78 is 10.2. The number of hydrogen-bond acceptors (Lipinski definition) is 5. The third-order valence-corrected chi connectivity index (χ3v) is 5.93. The molecule has 2 aromatic rings. The monoisotopic (exact) mass is 464 g/mol. The topological polar surface area (TPSA) is 84.9 Å². The maximum absolute atomic E-state index is 12.5. The smallest absolute Gasteiger partial charge is 0.328 e. The van der Waals surface area contributed by atoms with Gasteiger partial charge in [0.05, 0.1) is 7.11 Å². The molecule has 1 unspecified atom stereocenters. The fourth-order valence-electron chi connectivity index (χ4n) is 3.89. The third-order valence-electron chi connectivity index (χ3n) is 5.93. The van der Waals surface area contributed by atoms with Crippen LogP contribution in [0.5, 0.6) is 5.75 Å². The minimum atomic E-state index is -0.863. The second-order valence-corrected chi connectivity index (χ2v) is 8.46. The Balaban J connectivity index is 1.35. The van der Waals surface area contributed by atoms with Gasteiger partial charge in [-0.1, -0.05) is 42.5 Å². The van der Waals surface area contributed by atoms with E-state index >= 15 is 0 Å². The number of carbonyl (C=O) groups is 3. The van der Waals surface area contributed by atoms with Crippen molar-refractivity contribution in [1.82, 2.24) is 10.2 Å². The first-order valence-corrected chi connectivity index (χ1v) is 11.6. The Morgan fingerprint density at radius 2 is 1.74 bits per heavy atom. The summed E-state index contributed by atoms with van der Waals surface area (Å²) in [6, 6.07) is 16.7. The van der Waals surface area contributed by atoms with E-state index in [1.54, 1.807) is 30.2 Å². The van der Waals surface area contributed by atoms with Gasteiger partial charge in [-0.3, -0.25) is 9.59 Å². The number of carbonyl (C=O) groups excluding carboxylic acids is 3. The van der Waals surface area contributed by atoms with Gasteiger partial charge in [0.2, 0.25) is 5.91 Å². The molecule has 1 atom stereocenters. The van der Waals surface area contributed by atoms with Gasteiger partial charge in [0.1, 0.15) is 11.8 Å². The summed E-state index contributed by atoms with van der Waals surface area (Å²) in [6.45, 7) is 2.54. The first-order chi connectivity index (χ1) is 16.4. The van der Waals surface area contributed by atoms with Crippen molar-refractivity contribution in [3.05, 3.63) is 71.8 Å². The van der Waals surface area contributed by atoms with Crippen molar-refractivity contribution in [3.63, 3.8) is 0 Å². The third kappa shape index (κ3) is 7.76. The molecule has 3 rings (SSSR count). The van der Waals surface area contributed by atoms with Crippen molar-refractivity contribution in [2.45, 2.75) is 32.2 Å². The van der Waals surface area contributed by atoms with Gasteiger partial charge in [0, 0.05) is 19.2 Å². The van der Waals surface area contributed by atoms with Crippen LogP contribution in [0.25, 0.3) is 6.08 Å². The molecule has 180 valence electrons. The van der Waals surface area contributed by atoms with Crippen LogP contribution in [0, 0.1) is 5.92 Å². The lowest BCUT2D eigenvalue weighted by Gasteiger charge is -2.32. The Bertz CT molecular complexity index is 980. The lowest BCUT2D eigenvalue weighted by Crippen LogP contribution is -2.43. The molecular formula is C27H32N2O5. The molecule has 0 aliphatic carbocycles. The zero-order chi connectivity index (χ0) is 24.3. The first-order valence-electron chi connectivity index (χ1n) is 11.6. The van der Waals surface area contributed by atoms with E-state index in [0.717, 1.165) is 30.6 Å². The van der Waals surface area contributed by atoms with E-state index in [1.165, 1.54) is 18.6 Å². The molecule has 0 saturated carbocycles. The maximum Gasteiger partial charge on any atom is 0.328 e. The van der Waals surface area contributed by atoms with Gasteiger partial charge in [-0.25, -0.2) is 4.79 Å². The number of hydrogen-bond donors (Lipinski definition) is 1. The highest BCUT2D eigenvalue weighted by atomic mass is 16.5. The first kappa shape index (κ1) is 25.0. The van der Waals surface area contributed by atoms with Gasteiger partial charge in [-0.2, -0.15) is 0 Å². The van der Waals surface area contributed by atoms with Gasteiger partial charge in [0.15, 0.2) is 6.61 Å². The van der Waals surface area contributed by atoms with Gasteiger partial charge in [0.25, 0.3) is 5.91 Å². The highest BCUT2D eigenvalue weighted by Crippen LogP contribution is 2.21. The van der Waals surface area contributed by atoms with Gasteiger partial charge in [-0.05, 0) is 61.4 Å². The van der Waals surface area contributed by atoms with Gasteiger partial charge in [-0.15, -0.1) is 0 Å². The van der Waals surface area contributed by atoms with Crippen LogP contribution < -0.4 is 10.1 Å². The fraction of sp³-hybridized carbons (Fsp3) is 0.370. The quantitative estimate of drug-likeness (QED) is 0.455. The summed E-state index contributed by atoms with van der Waals surface area (Å²) in [4.78, 5) is 38.5. The summed E-state index contributed by atoms with van der Waals surface area (Å²) in [6.07, 6.45) is 5.86. The molecule has 1 saturated heterocycles. The molecule has 1 heterocycles. The van der Waals surface area contributed by atoms with Crippen LogP contribution in [0.4, 0.5) is 0 Å². The molecule has 1 fully saturated rings. The van der Waals surface area contributed by atoms with E-state index in [4.69, 9.17) is 9.47 Å². The molecule has 7 heteroatoms. The maximum atomic E-state index is 12.5. The summed E-state index contributed by atoms with van der Waals surface area (Å²) in [5.74, 6) is 0.00862. The summed E-state index contributed by atoms with van der Waals surface area (Å²) in [7, 11) is 1.58. The second kappa shape index (κ2) is 12.6. The van der Waals surface area contributed by atoms with Crippen molar-refractivity contribution in [2.24, 2.45) is 5.92 Å². The number of ether oxygens (including phenoxy) is 2. The highest BCUT2D eigenvalue weighted by molar-refractivity contribution is 5.94. The number of nitrogens with one attached hydrogen (secondary N) is 1. The predicted molar refractivity (Wildman–Crippen MR) is 130 cm³/mol. The summed E-state index contributed by atoms with van der Waals surface area (Å²) in [5, 5.41) is 2.55. The van der Waals surface area contributed by atoms with Crippen molar-refractivity contribution >= 4 is 23.9 Å². The SMILES string of the molecule is COc1ccc(/C=C/C(=O)NC(C)C(=O)OCC(=O)N2CCC(Cc3ccccc3)CC2)cc1. The molecule has 1 N–H and O–H groups in total. The zero-order valence-electron chi connectivity index (χ0n) is 19.7. The number of methoxy groups -OCH3 is 1. The molecule has 0 aromatic heterocycles. The standard InChI is InChI=1S/C27H32N2O5/c1-20(28-25(30)13-10-21-8-11-24(33-2)12-9-21)27(32)34-19-26(31)29-16-14-23(15-17-29)18-22-6-4-3-5-7-22/h3-13,20,23H,14-19H2,1-2H3,(H,28,30)/b13-10+. The lowest BCUT2D eigenvalue weighted by molar-refractivity contribution is -0.154. The van der Waals surface area contributed by atoms with E-state index in [1.807, 2.05) is 30.3 Å². The van der Waals surface area contributed by atoms with Crippen LogP contribution in [-0.2, 0) is 25.5 Å². The largest absolute Gasteiger partial charge is 0.497 e. The highest BCUT2D eigenvalue weighted by Gasteiger charge is 2.24. The van der Waals surface area contributed by atoms with E-state index < -0.39 is 17.9 Å².